The van der Waals surface area contributed by atoms with Crippen LogP contribution in [0, 0.1) is 6.92 Å². The highest BCUT2D eigenvalue weighted by Gasteiger charge is 2.27. The van der Waals surface area contributed by atoms with Gasteiger partial charge in [0.05, 0.1) is 22.1 Å². The van der Waals surface area contributed by atoms with Crippen molar-refractivity contribution in [1.29, 1.82) is 0 Å². The lowest BCUT2D eigenvalue weighted by Gasteiger charge is -2.43. The molecule has 39 heavy (non-hydrogen) atoms. The van der Waals surface area contributed by atoms with Crippen LogP contribution in [0.25, 0.3) is 22.4 Å². The molecule has 0 unspecified atom stereocenters. The summed E-state index contributed by atoms with van der Waals surface area (Å²) < 4.78 is 0. The van der Waals surface area contributed by atoms with E-state index in [-0.39, 0.29) is 11.3 Å². The number of carbonyl (C=O) groups is 1. The smallest absolute Gasteiger partial charge is 0.218 e. The maximum absolute atomic E-state index is 11.6. The minimum atomic E-state index is 0.0511. The van der Waals surface area contributed by atoms with Crippen LogP contribution in [-0.4, -0.2) is 77.1 Å². The number of hydrogen-bond donors (Lipinski definition) is 1. The van der Waals surface area contributed by atoms with Crippen LogP contribution < -0.4 is 9.80 Å². The summed E-state index contributed by atoms with van der Waals surface area (Å²) in [6.45, 7) is 12.5. The van der Waals surface area contributed by atoms with Crippen LogP contribution >= 0.6 is 11.6 Å². The summed E-state index contributed by atoms with van der Waals surface area (Å²) in [5, 5.41) is 11.7. The first kappa shape index (κ1) is 28.4. The molecule has 0 radical (unpaired) electrons. The number of hydrogen-bond acceptors (Lipinski definition) is 7. The fourth-order valence-corrected chi connectivity index (χ4v) is 5.03. The van der Waals surface area contributed by atoms with Crippen molar-refractivity contribution >= 4 is 29.4 Å². The first-order valence-corrected chi connectivity index (χ1v) is 13.4. The van der Waals surface area contributed by atoms with E-state index in [4.69, 9.17) is 11.6 Å². The number of benzene rings is 1. The second-order valence-electron chi connectivity index (χ2n) is 11.0. The van der Waals surface area contributed by atoms with E-state index in [1.807, 2.05) is 32.0 Å². The van der Waals surface area contributed by atoms with E-state index in [0.717, 1.165) is 43.1 Å². The van der Waals surface area contributed by atoms with E-state index in [1.54, 1.807) is 43.0 Å². The number of aromatic hydroxyl groups is 1. The van der Waals surface area contributed by atoms with Gasteiger partial charge in [0, 0.05) is 81.7 Å². The molecule has 0 saturated carbocycles. The van der Waals surface area contributed by atoms with Crippen molar-refractivity contribution in [1.82, 2.24) is 19.8 Å². The molecular weight excluding hydrogens is 512 g/mol. The van der Waals surface area contributed by atoms with Gasteiger partial charge in [-0.15, -0.1) is 0 Å². The molecule has 9 heteroatoms. The Kier molecular flexibility index (Phi) is 8.47. The van der Waals surface area contributed by atoms with Crippen LogP contribution in [0.3, 0.4) is 0 Å². The van der Waals surface area contributed by atoms with Crippen LogP contribution in [0.1, 0.15) is 26.5 Å². The molecule has 8 nitrogen and oxygen atoms in total. The van der Waals surface area contributed by atoms with Gasteiger partial charge in [0.2, 0.25) is 6.41 Å². The van der Waals surface area contributed by atoms with Gasteiger partial charge in [-0.2, -0.15) is 0 Å². The highest BCUT2D eigenvalue weighted by atomic mass is 35.5. The molecule has 0 aliphatic carbocycles. The number of nitrogens with zero attached hydrogens (tertiary/aromatic N) is 6. The van der Waals surface area contributed by atoms with Gasteiger partial charge in [-0.3, -0.25) is 24.6 Å². The number of rotatable bonds is 7. The summed E-state index contributed by atoms with van der Waals surface area (Å²) in [5.41, 5.74) is 5.20. The van der Waals surface area contributed by atoms with Crippen LogP contribution in [0.2, 0.25) is 5.02 Å². The second-order valence-corrected chi connectivity index (χ2v) is 11.4. The third-order valence-electron chi connectivity index (χ3n) is 7.00. The zero-order chi connectivity index (χ0) is 28.3. The minimum Gasteiger partial charge on any atom is -0.505 e. The van der Waals surface area contributed by atoms with Gasteiger partial charge in [-0.25, -0.2) is 0 Å². The van der Waals surface area contributed by atoms with Gasteiger partial charge in [0.25, 0.3) is 0 Å². The summed E-state index contributed by atoms with van der Waals surface area (Å²) in [6, 6.07) is 9.14. The van der Waals surface area contributed by atoms with Gasteiger partial charge in [0.1, 0.15) is 11.4 Å². The van der Waals surface area contributed by atoms with E-state index >= 15 is 0 Å². The molecule has 1 fully saturated rings. The molecule has 1 aliphatic rings. The van der Waals surface area contributed by atoms with E-state index < -0.39 is 0 Å². The average Bonchev–Trinajstić information content (AvgIpc) is 2.90. The largest absolute Gasteiger partial charge is 0.505 e. The zero-order valence-corrected chi connectivity index (χ0v) is 24.3. The van der Waals surface area contributed by atoms with Crippen LogP contribution in [0.4, 0.5) is 11.4 Å². The number of carbonyl (C=O) groups excluding carboxylic acids is 1. The SMILES string of the molecule is Cc1ncc(-c2nccc(-c3ccc(N(C=O)/C=C\N(C)C)c(Cl)c3)c2O)cc1N1CCN(C(C)(C)C)CC1. The van der Waals surface area contributed by atoms with Gasteiger partial charge in [-0.05, 0) is 57.5 Å². The van der Waals surface area contributed by atoms with Crippen LogP contribution in [-0.2, 0) is 4.79 Å². The van der Waals surface area contributed by atoms with Crippen molar-refractivity contribution in [2.75, 3.05) is 50.1 Å². The van der Waals surface area contributed by atoms with Crippen LogP contribution in [0.15, 0.2) is 55.1 Å². The third kappa shape index (κ3) is 6.34. The normalized spacial score (nSPS) is 14.6. The summed E-state index contributed by atoms with van der Waals surface area (Å²) in [6.07, 6.45) is 7.53. The summed E-state index contributed by atoms with van der Waals surface area (Å²) in [7, 11) is 3.74. The molecule has 1 aromatic carbocycles. The number of piperazine rings is 1. The second kappa shape index (κ2) is 11.6. The summed E-state index contributed by atoms with van der Waals surface area (Å²) in [4.78, 5) is 28.9. The number of pyridine rings is 2. The topological polar surface area (TPSA) is 76.0 Å². The summed E-state index contributed by atoms with van der Waals surface area (Å²) in [5.74, 6) is 0.0511. The number of aromatic nitrogens is 2. The lowest BCUT2D eigenvalue weighted by molar-refractivity contribution is -0.106. The van der Waals surface area contributed by atoms with E-state index in [2.05, 4.69) is 46.6 Å². The maximum atomic E-state index is 11.6. The molecule has 3 heterocycles. The third-order valence-corrected chi connectivity index (χ3v) is 7.31. The van der Waals surface area contributed by atoms with E-state index in [9.17, 15) is 9.90 Å². The highest BCUT2D eigenvalue weighted by molar-refractivity contribution is 6.34. The number of amides is 1. The Morgan fingerprint density at radius 3 is 2.33 bits per heavy atom. The van der Waals surface area contributed by atoms with E-state index in [1.165, 1.54) is 4.90 Å². The molecule has 0 bridgehead atoms. The molecule has 0 atom stereocenters. The Bertz CT molecular complexity index is 1360. The van der Waals surface area contributed by atoms with E-state index in [0.29, 0.717) is 33.9 Å². The van der Waals surface area contributed by atoms with Crippen molar-refractivity contribution in [2.45, 2.75) is 33.2 Å². The molecule has 2 aromatic heterocycles. The molecule has 206 valence electrons. The monoisotopic (exact) mass is 548 g/mol. The maximum Gasteiger partial charge on any atom is 0.218 e. The predicted molar refractivity (Wildman–Crippen MR) is 159 cm³/mol. The highest BCUT2D eigenvalue weighted by Crippen LogP contribution is 2.40. The average molecular weight is 549 g/mol. The Morgan fingerprint density at radius 1 is 1.00 bits per heavy atom. The van der Waals surface area contributed by atoms with Crippen molar-refractivity contribution in [2.24, 2.45) is 0 Å². The van der Waals surface area contributed by atoms with Crippen LogP contribution in [0.5, 0.6) is 5.75 Å². The number of aryl methyl sites for hydroxylation is 1. The Balaban J connectivity index is 1.63. The van der Waals surface area contributed by atoms with Crippen molar-refractivity contribution in [3.63, 3.8) is 0 Å². The van der Waals surface area contributed by atoms with Gasteiger partial charge in [0.15, 0.2) is 0 Å². The molecule has 1 amide bonds. The minimum absolute atomic E-state index is 0.0511. The quantitative estimate of drug-likeness (QED) is 0.396. The first-order chi connectivity index (χ1) is 18.5. The Morgan fingerprint density at radius 2 is 1.72 bits per heavy atom. The number of halogens is 1. The predicted octanol–water partition coefficient (Wildman–Crippen LogP) is 5.39. The zero-order valence-electron chi connectivity index (χ0n) is 23.5. The lowest BCUT2D eigenvalue weighted by Crippen LogP contribution is -2.53. The molecular formula is C30H37ClN6O2. The van der Waals surface area contributed by atoms with Crippen molar-refractivity contribution < 1.29 is 9.90 Å². The van der Waals surface area contributed by atoms with Gasteiger partial charge in [-0.1, -0.05) is 17.7 Å². The standard InChI is InChI=1S/C30H37ClN6O2/c1-21-27(35-13-15-37(16-14-35)30(2,3)4)18-23(19-33-21)28-29(39)24(9-10-32-28)22-7-8-26(25(31)17-22)36(20-38)12-11-34(5)6/h7-12,17-20,39H,13-16H2,1-6H3/b12-11-. The molecule has 1 aliphatic heterocycles. The fourth-order valence-electron chi connectivity index (χ4n) is 4.75. The lowest BCUT2D eigenvalue weighted by atomic mass is 10.0. The first-order valence-electron chi connectivity index (χ1n) is 13.0. The molecule has 1 N–H and O–H groups in total. The van der Waals surface area contributed by atoms with Gasteiger partial charge >= 0.3 is 0 Å². The molecule has 3 aromatic rings. The van der Waals surface area contributed by atoms with Crippen molar-refractivity contribution in [3.05, 3.63) is 65.8 Å². The number of anilines is 2. The molecule has 0 spiro atoms. The Labute approximate surface area is 236 Å². The van der Waals surface area contributed by atoms with Crippen molar-refractivity contribution in [3.8, 4) is 28.1 Å². The van der Waals surface area contributed by atoms with Gasteiger partial charge < -0.3 is 14.9 Å². The molecule has 1 saturated heterocycles. The Hall–Kier alpha value is -3.62. The fraction of sp³-hybridized carbons (Fsp3) is 0.367. The molecule has 4 rings (SSSR count). The summed E-state index contributed by atoms with van der Waals surface area (Å²) >= 11 is 6.58.